The van der Waals surface area contributed by atoms with Crippen molar-refractivity contribution in [1.82, 2.24) is 0 Å². The molecule has 0 aliphatic carbocycles. The van der Waals surface area contributed by atoms with Crippen LogP contribution in [0.2, 0.25) is 0 Å². The number of aromatic carboxylic acids is 2. The number of hydrogen-bond acceptors (Lipinski definition) is 6. The zero-order valence-electron chi connectivity index (χ0n) is 12.9. The van der Waals surface area contributed by atoms with Crippen LogP contribution in [-0.2, 0) is 0 Å². The molecule has 0 radical (unpaired) electrons. The number of nitrogens with zero attached hydrogens (tertiary/aromatic N) is 2. The van der Waals surface area contributed by atoms with E-state index in [2.05, 4.69) is 10.2 Å². The van der Waals surface area contributed by atoms with Crippen LogP contribution in [-0.4, -0.2) is 22.2 Å². The van der Waals surface area contributed by atoms with E-state index in [-0.39, 0.29) is 70.5 Å². The van der Waals surface area contributed by atoms with Crippen LogP contribution in [0.3, 0.4) is 0 Å². The van der Waals surface area contributed by atoms with Crippen LogP contribution in [0.15, 0.2) is 46.6 Å². The predicted octanol–water partition coefficient (Wildman–Crippen LogP) is -4.35. The molecule has 8 nitrogen and oxygen atoms in total. The second-order valence-electron chi connectivity index (χ2n) is 4.17. The van der Waals surface area contributed by atoms with Gasteiger partial charge in [-0.3, -0.25) is 0 Å². The monoisotopic (exact) mass is 358 g/mol. The van der Waals surface area contributed by atoms with Crippen molar-refractivity contribution in [2.24, 2.45) is 10.2 Å². The molecule has 0 bridgehead atoms. The van der Waals surface area contributed by atoms with Gasteiger partial charge in [-0.05, 0) is 24.3 Å². The maximum absolute atomic E-state index is 11.3. The summed E-state index contributed by atoms with van der Waals surface area (Å²) in [5.41, 5.74) is -0.671. The molecule has 112 valence electrons. The first-order valence-corrected chi connectivity index (χ1v) is 5.89. The Kier molecular flexibility index (Phi) is 9.20. The number of azo groups is 1. The number of hydrogen-bond donors (Lipinski definition) is 2. The number of rotatable bonds is 4. The van der Waals surface area contributed by atoms with E-state index in [9.17, 15) is 19.8 Å². The molecule has 0 heterocycles. The Labute approximate surface area is 180 Å². The Morgan fingerprint density at radius 1 is 0.750 bits per heavy atom. The molecule has 2 N–H and O–H groups in total. The van der Waals surface area contributed by atoms with E-state index in [1.54, 1.807) is 0 Å². The molecule has 0 spiro atoms. The molecule has 24 heavy (non-hydrogen) atoms. The Hall–Kier alpha value is -1.42. The van der Waals surface area contributed by atoms with E-state index in [0.29, 0.717) is 0 Å². The van der Waals surface area contributed by atoms with Crippen molar-refractivity contribution >= 4 is 23.3 Å². The summed E-state index contributed by atoms with van der Waals surface area (Å²) in [6, 6.07) is 6.74. The summed E-state index contributed by atoms with van der Waals surface area (Å²) in [5.74, 6) is -4.08. The third-order valence-corrected chi connectivity index (χ3v) is 2.67. The minimum Gasteiger partial charge on any atom is -0.872 e. The summed E-state index contributed by atoms with van der Waals surface area (Å²) in [6.07, 6.45) is 0. The van der Waals surface area contributed by atoms with Crippen LogP contribution in [0.1, 0.15) is 20.7 Å². The van der Waals surface area contributed by atoms with Gasteiger partial charge in [0.05, 0.1) is 22.5 Å². The first-order valence-electron chi connectivity index (χ1n) is 5.89. The maximum Gasteiger partial charge on any atom is 1.00 e. The van der Waals surface area contributed by atoms with E-state index >= 15 is 0 Å². The van der Waals surface area contributed by atoms with Gasteiger partial charge in [-0.1, -0.05) is 23.6 Å². The Bertz CT molecular complexity index is 729. The van der Waals surface area contributed by atoms with Crippen molar-refractivity contribution in [3.8, 4) is 11.5 Å². The summed E-state index contributed by atoms with van der Waals surface area (Å²) >= 11 is 0. The van der Waals surface area contributed by atoms with Crippen LogP contribution < -0.4 is 69.3 Å². The number of carboxylic acids is 2. The fourth-order valence-corrected chi connectivity index (χ4v) is 1.61. The molecule has 0 amide bonds. The van der Waals surface area contributed by atoms with Gasteiger partial charge in [-0.2, -0.15) is 10.2 Å². The van der Waals surface area contributed by atoms with Gasteiger partial charge in [0.25, 0.3) is 0 Å². The van der Waals surface area contributed by atoms with Crippen molar-refractivity contribution in [3.63, 3.8) is 0 Å². The third-order valence-electron chi connectivity index (χ3n) is 2.67. The Morgan fingerprint density at radius 3 is 1.38 bits per heavy atom. The second kappa shape index (κ2) is 9.77. The summed E-state index contributed by atoms with van der Waals surface area (Å²) in [6.45, 7) is 0. The Morgan fingerprint density at radius 2 is 1.08 bits per heavy atom. The van der Waals surface area contributed by atoms with Gasteiger partial charge in [0.15, 0.2) is 0 Å². The van der Waals surface area contributed by atoms with Crippen LogP contribution in [0.4, 0.5) is 11.4 Å². The summed E-state index contributed by atoms with van der Waals surface area (Å²) in [7, 11) is 0. The second-order valence-corrected chi connectivity index (χ2v) is 4.17. The summed E-state index contributed by atoms with van der Waals surface area (Å²) in [4.78, 5) is 21.7. The van der Waals surface area contributed by atoms with Gasteiger partial charge in [0.1, 0.15) is 0 Å². The standard InChI is InChI=1S/C14H10N2O6.2Na/c17-11-3-1-7(5-9(11)13(19)20)15-16-8-2-4-12(18)10(6-8)14(21)22;;/h1-6,17-18H,(H,19,20)(H,21,22);;/q;2*+1/p-2/i1+1,2+1,3+1,4+1,5+1,6+1,7+1,8+1,9+1,10+1,11+1,12+1;;. The molecule has 0 aliphatic heterocycles. The molecule has 2 aromatic carbocycles. The van der Waals surface area contributed by atoms with Gasteiger partial charge in [0.2, 0.25) is 0 Å². The fraction of sp³-hybridized carbons (Fsp3) is 0. The van der Waals surface area contributed by atoms with E-state index in [1.807, 2.05) is 0 Å². The normalized spacial score (nSPS) is 9.83. The van der Waals surface area contributed by atoms with E-state index in [0.717, 1.165) is 24.3 Å². The predicted molar refractivity (Wildman–Crippen MR) is 69.9 cm³/mol. The quantitative estimate of drug-likeness (QED) is 0.417. The van der Waals surface area contributed by atoms with Gasteiger partial charge in [0, 0.05) is 0 Å². The average Bonchev–Trinajstić information content (AvgIpc) is 2.47. The Balaban J connectivity index is 0.00000264. The minimum absolute atomic E-state index is 0. The molecule has 0 aromatic heterocycles. The molecular weight excluding hydrogens is 350 g/mol. The number of carbonyl (C=O) groups is 2. The average molecular weight is 358 g/mol. The van der Waals surface area contributed by atoms with Gasteiger partial charge >= 0.3 is 71.1 Å². The first-order chi connectivity index (χ1) is 10.4. The molecule has 2 rings (SSSR count). The van der Waals surface area contributed by atoms with Gasteiger partial charge < -0.3 is 20.4 Å². The van der Waals surface area contributed by atoms with Crippen LogP contribution in [0.25, 0.3) is 0 Å². The van der Waals surface area contributed by atoms with Crippen molar-refractivity contribution in [3.05, 3.63) is 47.5 Å². The first kappa shape index (κ1) is 22.6. The summed E-state index contributed by atoms with van der Waals surface area (Å²) in [5, 5.41) is 47.7. The molecule has 0 fully saturated rings. The topological polar surface area (TPSA) is 145 Å². The SMILES string of the molecule is O=C(O)[13c]1[13cH][13c](N=N[13c]2[13cH][13cH][13c]([O-])[13c](C(=O)O)[13cH]2)[13cH][13cH][13c]1[O-].[Na+].[Na+]. The summed E-state index contributed by atoms with van der Waals surface area (Å²) < 4.78 is 0. The molecule has 0 aliphatic rings. The fourth-order valence-electron chi connectivity index (χ4n) is 1.61. The molecule has 10 heteroatoms. The van der Waals surface area contributed by atoms with E-state index in [4.69, 9.17) is 10.2 Å². The van der Waals surface area contributed by atoms with Crippen molar-refractivity contribution in [2.45, 2.75) is 0 Å². The van der Waals surface area contributed by atoms with Crippen LogP contribution in [0, 0.1) is 0 Å². The molecule has 0 saturated carbocycles. The maximum atomic E-state index is 11.3. The minimum atomic E-state index is -1.38. The smallest absolute Gasteiger partial charge is 0.872 e. The number of benzene rings is 2. The van der Waals surface area contributed by atoms with Crippen LogP contribution >= 0.6 is 0 Å². The van der Waals surface area contributed by atoms with E-state index < -0.39 is 34.6 Å². The molecule has 0 atom stereocenters. The van der Waals surface area contributed by atoms with E-state index in [1.165, 1.54) is 12.1 Å². The number of carboxylic acid groups (broad SMARTS) is 2. The molecular formula is C14H8N2Na2O6. The van der Waals surface area contributed by atoms with Gasteiger partial charge in [-0.25, -0.2) is 9.59 Å². The van der Waals surface area contributed by atoms with Crippen molar-refractivity contribution < 1.29 is 89.1 Å². The molecule has 0 unspecified atom stereocenters. The van der Waals surface area contributed by atoms with Crippen molar-refractivity contribution in [2.75, 3.05) is 0 Å². The zero-order chi connectivity index (χ0) is 16.3. The zero-order valence-corrected chi connectivity index (χ0v) is 16.9. The van der Waals surface area contributed by atoms with Crippen molar-refractivity contribution in [1.29, 1.82) is 0 Å². The molecule has 2 aromatic rings. The van der Waals surface area contributed by atoms with Crippen LogP contribution in [0.5, 0.6) is 11.5 Å². The van der Waals surface area contributed by atoms with Gasteiger partial charge in [-0.15, -0.1) is 0 Å². The third kappa shape index (κ3) is 5.59. The largest absolute Gasteiger partial charge is 1.00 e. The molecule has 0 saturated heterocycles.